The van der Waals surface area contributed by atoms with Crippen LogP contribution in [0, 0.1) is 10.1 Å². The van der Waals surface area contributed by atoms with Gasteiger partial charge in [-0.25, -0.2) is 0 Å². The molecule has 0 aliphatic heterocycles. The predicted molar refractivity (Wildman–Crippen MR) is 77.8 cm³/mol. The maximum Gasteiger partial charge on any atom is 0.301 e. The fourth-order valence-electron chi connectivity index (χ4n) is 2.00. The number of nitro groups is 1. The molecule has 0 saturated carbocycles. The fourth-order valence-corrected chi connectivity index (χ4v) is 2.00. The lowest BCUT2D eigenvalue weighted by Crippen LogP contribution is -2.38. The minimum Gasteiger partial charge on any atom is -0.394 e. The van der Waals surface area contributed by atoms with Crippen molar-refractivity contribution in [3.63, 3.8) is 0 Å². The number of hydrogen-bond donors (Lipinski definition) is 2. The van der Waals surface area contributed by atoms with Gasteiger partial charge in [0.1, 0.15) is 5.69 Å². The first kappa shape index (κ1) is 14.2. The number of hydrogen-bond acceptors (Lipinski definition) is 5. The first-order chi connectivity index (χ1) is 9.50. The van der Waals surface area contributed by atoms with Crippen LogP contribution in [0.15, 0.2) is 30.5 Å². The van der Waals surface area contributed by atoms with Gasteiger partial charge >= 0.3 is 5.69 Å². The number of aromatic nitrogens is 1. The van der Waals surface area contributed by atoms with Crippen molar-refractivity contribution < 1.29 is 10.0 Å². The number of nitrogens with one attached hydrogen (secondary N) is 1. The molecule has 0 aliphatic rings. The molecule has 0 aliphatic carbocycles. The highest BCUT2D eigenvalue weighted by molar-refractivity contribution is 5.94. The standard InChI is InChI=1S/C14H17N3O3/c1-3-14(2,9-18)16-12-7-6-11-10(5-4-8-15-11)13(12)17(19)20/h4-8,16,18H,3,9H2,1-2H3. The van der Waals surface area contributed by atoms with E-state index in [9.17, 15) is 15.2 Å². The van der Waals surface area contributed by atoms with Gasteiger partial charge in [-0.15, -0.1) is 0 Å². The van der Waals surface area contributed by atoms with Crippen LogP contribution in [-0.2, 0) is 0 Å². The summed E-state index contributed by atoms with van der Waals surface area (Å²) in [5.41, 5.74) is 0.366. The molecule has 2 N–H and O–H groups in total. The lowest BCUT2D eigenvalue weighted by molar-refractivity contribution is -0.382. The van der Waals surface area contributed by atoms with E-state index in [4.69, 9.17) is 0 Å². The molecule has 0 amide bonds. The molecule has 6 heteroatoms. The molecule has 20 heavy (non-hydrogen) atoms. The summed E-state index contributed by atoms with van der Waals surface area (Å²) < 4.78 is 0. The molecular formula is C14H17N3O3. The van der Waals surface area contributed by atoms with Crippen LogP contribution in [0.4, 0.5) is 11.4 Å². The van der Waals surface area contributed by atoms with Gasteiger partial charge in [-0.3, -0.25) is 15.1 Å². The van der Waals surface area contributed by atoms with Gasteiger partial charge in [0, 0.05) is 6.20 Å². The summed E-state index contributed by atoms with van der Waals surface area (Å²) in [5, 5.41) is 24.4. The SMILES string of the molecule is CCC(C)(CO)Nc1ccc2ncccc2c1[N+](=O)[O-]. The van der Waals surface area contributed by atoms with Gasteiger partial charge in [0.05, 0.1) is 28.0 Å². The third-order valence-corrected chi connectivity index (χ3v) is 3.50. The van der Waals surface area contributed by atoms with Gasteiger partial charge in [0.2, 0.25) is 0 Å². The number of rotatable bonds is 5. The molecule has 106 valence electrons. The zero-order valence-corrected chi connectivity index (χ0v) is 11.5. The predicted octanol–water partition coefficient (Wildman–Crippen LogP) is 2.72. The second-order valence-electron chi connectivity index (χ2n) is 4.99. The van der Waals surface area contributed by atoms with Crippen LogP contribution in [0.1, 0.15) is 20.3 Å². The Morgan fingerprint density at radius 3 is 2.80 bits per heavy atom. The average molecular weight is 275 g/mol. The third kappa shape index (κ3) is 2.55. The highest BCUT2D eigenvalue weighted by Crippen LogP contribution is 2.34. The van der Waals surface area contributed by atoms with Crippen LogP contribution in [0.3, 0.4) is 0 Å². The van der Waals surface area contributed by atoms with Gasteiger partial charge in [0.25, 0.3) is 0 Å². The number of anilines is 1. The molecule has 2 rings (SSSR count). The van der Waals surface area contributed by atoms with Crippen molar-refractivity contribution in [3.05, 3.63) is 40.6 Å². The van der Waals surface area contributed by atoms with Crippen molar-refractivity contribution in [2.75, 3.05) is 11.9 Å². The molecule has 0 bridgehead atoms. The Morgan fingerprint density at radius 2 is 2.20 bits per heavy atom. The van der Waals surface area contributed by atoms with E-state index in [-0.39, 0.29) is 12.3 Å². The Bertz CT molecular complexity index is 639. The highest BCUT2D eigenvalue weighted by Gasteiger charge is 2.26. The van der Waals surface area contributed by atoms with Crippen LogP contribution >= 0.6 is 0 Å². The summed E-state index contributed by atoms with van der Waals surface area (Å²) >= 11 is 0. The number of nitro benzene ring substituents is 1. The number of nitrogens with zero attached hydrogens (tertiary/aromatic N) is 2. The van der Waals surface area contributed by atoms with E-state index in [1.165, 1.54) is 0 Å². The summed E-state index contributed by atoms with van der Waals surface area (Å²) in [7, 11) is 0. The molecule has 1 unspecified atom stereocenters. The van der Waals surface area contributed by atoms with E-state index in [0.717, 1.165) is 0 Å². The summed E-state index contributed by atoms with van der Waals surface area (Å²) in [6, 6.07) is 6.72. The quantitative estimate of drug-likeness (QED) is 0.647. The Hall–Kier alpha value is -2.21. The van der Waals surface area contributed by atoms with Crippen molar-refractivity contribution in [2.24, 2.45) is 0 Å². The monoisotopic (exact) mass is 275 g/mol. The third-order valence-electron chi connectivity index (χ3n) is 3.50. The number of benzene rings is 1. The molecule has 1 aromatic heterocycles. The largest absolute Gasteiger partial charge is 0.394 e. The second kappa shape index (κ2) is 5.42. The van der Waals surface area contributed by atoms with E-state index in [1.807, 2.05) is 13.8 Å². The van der Waals surface area contributed by atoms with Crippen LogP contribution in [-0.4, -0.2) is 27.2 Å². The molecular weight excluding hydrogens is 258 g/mol. The molecule has 2 aromatic rings. The summed E-state index contributed by atoms with van der Waals surface area (Å²) in [6.45, 7) is 3.63. The molecule has 0 saturated heterocycles. The summed E-state index contributed by atoms with van der Waals surface area (Å²) in [6.07, 6.45) is 2.24. The maximum absolute atomic E-state index is 11.4. The van der Waals surface area contributed by atoms with E-state index in [1.54, 1.807) is 30.5 Å². The first-order valence-electron chi connectivity index (χ1n) is 6.42. The summed E-state index contributed by atoms with van der Waals surface area (Å²) in [5.74, 6) is 0. The smallest absolute Gasteiger partial charge is 0.301 e. The van der Waals surface area contributed by atoms with Gasteiger partial charge < -0.3 is 10.4 Å². The van der Waals surface area contributed by atoms with Crippen LogP contribution in [0.2, 0.25) is 0 Å². The molecule has 0 fully saturated rings. The van der Waals surface area contributed by atoms with Gasteiger partial charge in [-0.2, -0.15) is 0 Å². The highest BCUT2D eigenvalue weighted by atomic mass is 16.6. The second-order valence-corrected chi connectivity index (χ2v) is 4.99. The van der Waals surface area contributed by atoms with E-state index in [0.29, 0.717) is 23.0 Å². The first-order valence-corrected chi connectivity index (χ1v) is 6.42. The lowest BCUT2D eigenvalue weighted by Gasteiger charge is -2.28. The zero-order valence-electron chi connectivity index (χ0n) is 11.5. The number of fused-ring (bicyclic) bond motifs is 1. The van der Waals surface area contributed by atoms with Crippen molar-refractivity contribution in [1.29, 1.82) is 0 Å². The van der Waals surface area contributed by atoms with Crippen molar-refractivity contribution in [3.8, 4) is 0 Å². The number of aliphatic hydroxyl groups excluding tert-OH is 1. The molecule has 0 radical (unpaired) electrons. The maximum atomic E-state index is 11.4. The van der Waals surface area contributed by atoms with E-state index >= 15 is 0 Å². The number of pyridine rings is 1. The van der Waals surface area contributed by atoms with Gasteiger partial charge in [-0.1, -0.05) is 6.92 Å². The topological polar surface area (TPSA) is 88.3 Å². The van der Waals surface area contributed by atoms with Crippen LogP contribution in [0.25, 0.3) is 10.9 Å². The fraction of sp³-hybridized carbons (Fsp3) is 0.357. The minimum atomic E-state index is -0.597. The lowest BCUT2D eigenvalue weighted by atomic mass is 9.99. The Kier molecular flexibility index (Phi) is 3.85. The molecule has 6 nitrogen and oxygen atoms in total. The molecule has 1 atom stereocenters. The normalized spacial score (nSPS) is 13.9. The van der Waals surface area contributed by atoms with Gasteiger partial charge in [0.15, 0.2) is 0 Å². The van der Waals surface area contributed by atoms with Crippen molar-refractivity contribution in [2.45, 2.75) is 25.8 Å². The minimum absolute atomic E-state index is 0.0104. The van der Waals surface area contributed by atoms with Crippen molar-refractivity contribution >= 4 is 22.3 Å². The molecule has 1 heterocycles. The van der Waals surface area contributed by atoms with E-state index < -0.39 is 10.5 Å². The summed E-state index contributed by atoms with van der Waals surface area (Å²) in [4.78, 5) is 15.1. The van der Waals surface area contributed by atoms with E-state index in [2.05, 4.69) is 10.3 Å². The average Bonchev–Trinajstić information content (AvgIpc) is 2.46. The molecule has 0 spiro atoms. The van der Waals surface area contributed by atoms with Crippen molar-refractivity contribution in [1.82, 2.24) is 4.98 Å². The van der Waals surface area contributed by atoms with Gasteiger partial charge in [-0.05, 0) is 37.6 Å². The zero-order chi connectivity index (χ0) is 14.8. The molecule has 1 aromatic carbocycles. The Morgan fingerprint density at radius 1 is 1.45 bits per heavy atom. The Balaban J connectivity index is 2.59. The Labute approximate surface area is 116 Å². The van der Waals surface area contributed by atoms with Crippen LogP contribution < -0.4 is 5.32 Å². The van der Waals surface area contributed by atoms with Crippen LogP contribution in [0.5, 0.6) is 0 Å². The number of aliphatic hydroxyl groups is 1.